The second-order valence-corrected chi connectivity index (χ2v) is 3.28. The number of ketones is 1. The first-order valence-corrected chi connectivity index (χ1v) is 4.34. The van der Waals surface area contributed by atoms with Gasteiger partial charge in [0.15, 0.2) is 5.78 Å². The third-order valence-corrected chi connectivity index (χ3v) is 2.02. The van der Waals surface area contributed by atoms with Crippen LogP contribution in [0, 0.1) is 0 Å². The van der Waals surface area contributed by atoms with Gasteiger partial charge in [-0.1, -0.05) is 0 Å². The van der Waals surface area contributed by atoms with Crippen molar-refractivity contribution in [3.63, 3.8) is 0 Å². The molecule has 0 bridgehead atoms. The third kappa shape index (κ3) is 3.82. The molecule has 0 aliphatic heterocycles. The number of hydrogen-bond acceptors (Lipinski definition) is 7. The summed E-state index contributed by atoms with van der Waals surface area (Å²) in [5.41, 5.74) is 0. The van der Waals surface area contributed by atoms with Crippen LogP contribution in [0.25, 0.3) is 0 Å². The van der Waals surface area contributed by atoms with Gasteiger partial charge in [0.2, 0.25) is 0 Å². The SMILES string of the molecule is CC(=O)C(O)[C@H](O)[C@@H](O)[C@H](O)[C@H](O)CO. The normalized spacial score (nSPS) is 21.5. The first-order chi connectivity index (χ1) is 6.82. The monoisotopic (exact) mass is 224 g/mol. The Kier molecular flexibility index (Phi) is 5.88. The zero-order chi connectivity index (χ0) is 12.2. The van der Waals surface area contributed by atoms with Crippen molar-refractivity contribution in [1.82, 2.24) is 0 Å². The summed E-state index contributed by atoms with van der Waals surface area (Å²) in [6.07, 6.45) is -9.20. The van der Waals surface area contributed by atoms with Gasteiger partial charge in [-0.25, -0.2) is 0 Å². The van der Waals surface area contributed by atoms with E-state index in [2.05, 4.69) is 0 Å². The molecule has 0 heterocycles. The minimum Gasteiger partial charge on any atom is -0.394 e. The van der Waals surface area contributed by atoms with E-state index in [0.29, 0.717) is 0 Å². The van der Waals surface area contributed by atoms with E-state index in [1.165, 1.54) is 0 Å². The average Bonchev–Trinajstić information content (AvgIpc) is 2.23. The Hall–Kier alpha value is -0.570. The molecule has 0 saturated carbocycles. The van der Waals surface area contributed by atoms with Crippen molar-refractivity contribution >= 4 is 5.78 Å². The molecule has 0 aliphatic carbocycles. The maximum absolute atomic E-state index is 10.6. The molecule has 6 N–H and O–H groups in total. The number of carbonyl (C=O) groups is 1. The van der Waals surface area contributed by atoms with Crippen LogP contribution in [-0.4, -0.2) is 73.5 Å². The molecule has 1 unspecified atom stereocenters. The van der Waals surface area contributed by atoms with Crippen LogP contribution >= 0.6 is 0 Å². The second-order valence-electron chi connectivity index (χ2n) is 3.28. The zero-order valence-electron chi connectivity index (χ0n) is 8.19. The predicted molar refractivity (Wildman–Crippen MR) is 47.8 cm³/mol. The van der Waals surface area contributed by atoms with Crippen molar-refractivity contribution in [3.8, 4) is 0 Å². The lowest BCUT2D eigenvalue weighted by molar-refractivity contribution is -0.154. The molecule has 0 aromatic rings. The summed E-state index contributed by atoms with van der Waals surface area (Å²) >= 11 is 0. The zero-order valence-corrected chi connectivity index (χ0v) is 8.19. The van der Waals surface area contributed by atoms with Gasteiger partial charge < -0.3 is 30.6 Å². The molecule has 7 heteroatoms. The van der Waals surface area contributed by atoms with Gasteiger partial charge in [0.1, 0.15) is 30.5 Å². The Morgan fingerprint density at radius 3 is 1.80 bits per heavy atom. The van der Waals surface area contributed by atoms with Crippen LogP contribution in [0.3, 0.4) is 0 Å². The maximum atomic E-state index is 10.6. The Labute approximate surface area is 86.2 Å². The van der Waals surface area contributed by atoms with E-state index in [1.54, 1.807) is 0 Å². The average molecular weight is 224 g/mol. The molecule has 0 amide bonds. The van der Waals surface area contributed by atoms with Crippen molar-refractivity contribution in [2.75, 3.05) is 6.61 Å². The van der Waals surface area contributed by atoms with Gasteiger partial charge in [-0.05, 0) is 6.92 Å². The summed E-state index contributed by atoms with van der Waals surface area (Å²) in [5, 5.41) is 54.0. The van der Waals surface area contributed by atoms with Crippen molar-refractivity contribution in [3.05, 3.63) is 0 Å². The molecule has 0 fully saturated rings. The summed E-state index contributed by atoms with van der Waals surface area (Å²) in [6.45, 7) is 0.177. The Morgan fingerprint density at radius 2 is 1.47 bits per heavy atom. The highest BCUT2D eigenvalue weighted by atomic mass is 16.4. The molecule has 7 nitrogen and oxygen atoms in total. The largest absolute Gasteiger partial charge is 0.394 e. The Bertz CT molecular complexity index is 207. The van der Waals surface area contributed by atoms with E-state index in [0.717, 1.165) is 6.92 Å². The fourth-order valence-corrected chi connectivity index (χ4v) is 0.965. The molecule has 15 heavy (non-hydrogen) atoms. The standard InChI is InChI=1S/C8H16O7/c1-3(10)5(12)7(14)8(15)6(13)4(11)2-9/h4-9,11-15H,2H2,1H3/t4-,5?,6-,7+,8+/m1/s1. The Morgan fingerprint density at radius 1 is 1.00 bits per heavy atom. The van der Waals surface area contributed by atoms with Crippen molar-refractivity contribution in [2.24, 2.45) is 0 Å². The fourth-order valence-electron chi connectivity index (χ4n) is 0.965. The quantitative estimate of drug-likeness (QED) is 0.274. The van der Waals surface area contributed by atoms with Gasteiger partial charge in [0.05, 0.1) is 6.61 Å². The second kappa shape index (κ2) is 6.11. The lowest BCUT2D eigenvalue weighted by Gasteiger charge is -2.27. The summed E-state index contributed by atoms with van der Waals surface area (Å²) in [4.78, 5) is 10.6. The molecule has 0 spiro atoms. The number of aliphatic hydroxyl groups excluding tert-OH is 6. The lowest BCUT2D eigenvalue weighted by Crippen LogP contribution is -2.51. The van der Waals surface area contributed by atoms with E-state index >= 15 is 0 Å². The third-order valence-electron chi connectivity index (χ3n) is 2.02. The molecule has 0 aromatic carbocycles. The van der Waals surface area contributed by atoms with E-state index in [-0.39, 0.29) is 0 Å². The van der Waals surface area contributed by atoms with Crippen LogP contribution in [0.15, 0.2) is 0 Å². The fraction of sp³-hybridized carbons (Fsp3) is 0.875. The van der Waals surface area contributed by atoms with Gasteiger partial charge in [-0.3, -0.25) is 4.79 Å². The van der Waals surface area contributed by atoms with Crippen molar-refractivity contribution in [2.45, 2.75) is 37.4 Å². The summed E-state index contributed by atoms with van der Waals surface area (Å²) in [5.74, 6) is -0.785. The molecule has 0 aromatic heterocycles. The van der Waals surface area contributed by atoms with Gasteiger partial charge >= 0.3 is 0 Å². The summed E-state index contributed by atoms with van der Waals surface area (Å²) in [6, 6.07) is 0. The van der Waals surface area contributed by atoms with E-state index in [9.17, 15) is 15.0 Å². The first-order valence-electron chi connectivity index (χ1n) is 4.34. The molecule has 0 radical (unpaired) electrons. The van der Waals surface area contributed by atoms with Crippen LogP contribution in [0.4, 0.5) is 0 Å². The number of carbonyl (C=O) groups excluding carboxylic acids is 1. The Balaban J connectivity index is 4.42. The lowest BCUT2D eigenvalue weighted by atomic mass is 9.98. The first kappa shape index (κ1) is 14.4. The number of aliphatic hydroxyl groups is 6. The molecule has 90 valence electrons. The van der Waals surface area contributed by atoms with Gasteiger partial charge in [-0.2, -0.15) is 0 Å². The maximum Gasteiger partial charge on any atom is 0.160 e. The molecule has 0 aliphatic rings. The molecule has 0 rings (SSSR count). The van der Waals surface area contributed by atoms with Crippen LogP contribution in [-0.2, 0) is 4.79 Å². The highest BCUT2D eigenvalue weighted by Gasteiger charge is 2.35. The van der Waals surface area contributed by atoms with Gasteiger partial charge in [-0.15, -0.1) is 0 Å². The number of Topliss-reactive ketones (excluding diaryl/α,β-unsaturated/α-hetero) is 1. The molecular formula is C8H16O7. The van der Waals surface area contributed by atoms with E-state index in [1.807, 2.05) is 0 Å². The van der Waals surface area contributed by atoms with Crippen LogP contribution in [0.1, 0.15) is 6.92 Å². The molecule has 5 atom stereocenters. The topological polar surface area (TPSA) is 138 Å². The highest BCUT2D eigenvalue weighted by molar-refractivity contribution is 5.80. The van der Waals surface area contributed by atoms with Crippen LogP contribution in [0.2, 0.25) is 0 Å². The summed E-state index contributed by atoms with van der Waals surface area (Å²) in [7, 11) is 0. The van der Waals surface area contributed by atoms with Crippen molar-refractivity contribution in [1.29, 1.82) is 0 Å². The number of rotatable bonds is 6. The van der Waals surface area contributed by atoms with Crippen LogP contribution in [0.5, 0.6) is 0 Å². The van der Waals surface area contributed by atoms with Crippen molar-refractivity contribution < 1.29 is 35.4 Å². The minimum absolute atomic E-state index is 0.785. The van der Waals surface area contributed by atoms with Gasteiger partial charge in [0, 0.05) is 0 Å². The smallest absolute Gasteiger partial charge is 0.160 e. The van der Waals surface area contributed by atoms with Crippen LogP contribution < -0.4 is 0 Å². The number of hydrogen-bond donors (Lipinski definition) is 6. The van der Waals surface area contributed by atoms with E-state index < -0.39 is 42.9 Å². The highest BCUT2D eigenvalue weighted by Crippen LogP contribution is 2.08. The predicted octanol–water partition coefficient (Wildman–Crippen LogP) is -3.63. The van der Waals surface area contributed by atoms with Gasteiger partial charge in [0.25, 0.3) is 0 Å². The van der Waals surface area contributed by atoms with E-state index in [4.69, 9.17) is 20.4 Å². The minimum atomic E-state index is -1.92. The molecular weight excluding hydrogens is 208 g/mol. The molecule has 0 saturated heterocycles. The summed E-state index contributed by atoms with van der Waals surface area (Å²) < 4.78 is 0.